The van der Waals surface area contributed by atoms with E-state index in [1.165, 1.54) is 0 Å². The SMILES string of the molecule is C[C@@H](CNC(C(=O)Nc1ccc2[nH]c(=O)oc2c1)c1ccccc1)c1ccc(C#N)cc1. The minimum absolute atomic E-state index is 0.132. The van der Waals surface area contributed by atoms with Crippen molar-refractivity contribution in [1.29, 1.82) is 5.26 Å². The normalized spacial score (nSPS) is 12.8. The molecular weight excluding hydrogens is 404 g/mol. The Bertz CT molecular complexity index is 1320. The zero-order valence-corrected chi connectivity index (χ0v) is 17.5. The Hall–Kier alpha value is -4.15. The molecule has 0 radical (unpaired) electrons. The van der Waals surface area contributed by atoms with Gasteiger partial charge in [0, 0.05) is 18.3 Å². The second kappa shape index (κ2) is 9.33. The number of nitrogens with zero attached hydrogens (tertiary/aromatic N) is 1. The summed E-state index contributed by atoms with van der Waals surface area (Å²) in [6, 6.07) is 23.5. The fourth-order valence-electron chi connectivity index (χ4n) is 3.54. The van der Waals surface area contributed by atoms with Gasteiger partial charge in [-0.25, -0.2) is 4.79 Å². The average Bonchev–Trinajstić information content (AvgIpc) is 3.19. The highest BCUT2D eigenvalue weighted by Gasteiger charge is 2.21. The molecule has 0 bridgehead atoms. The van der Waals surface area contributed by atoms with Crippen LogP contribution in [0.2, 0.25) is 0 Å². The molecule has 4 rings (SSSR count). The van der Waals surface area contributed by atoms with E-state index in [1.54, 1.807) is 30.3 Å². The summed E-state index contributed by atoms with van der Waals surface area (Å²) in [4.78, 5) is 27.1. The molecule has 1 aromatic heterocycles. The summed E-state index contributed by atoms with van der Waals surface area (Å²) in [6.07, 6.45) is 0. The highest BCUT2D eigenvalue weighted by Crippen LogP contribution is 2.21. The van der Waals surface area contributed by atoms with Gasteiger partial charge in [-0.15, -0.1) is 0 Å². The molecule has 1 unspecified atom stereocenters. The molecule has 0 saturated carbocycles. The van der Waals surface area contributed by atoms with Crippen molar-refractivity contribution in [1.82, 2.24) is 10.3 Å². The topological polar surface area (TPSA) is 111 Å². The van der Waals surface area contributed by atoms with E-state index in [0.29, 0.717) is 28.9 Å². The summed E-state index contributed by atoms with van der Waals surface area (Å²) in [7, 11) is 0. The summed E-state index contributed by atoms with van der Waals surface area (Å²) in [6.45, 7) is 2.63. The predicted octanol–water partition coefficient (Wildman–Crippen LogP) is 4.07. The third kappa shape index (κ3) is 4.77. The van der Waals surface area contributed by atoms with Crippen molar-refractivity contribution in [3.05, 3.63) is 100 Å². The Morgan fingerprint density at radius 3 is 2.53 bits per heavy atom. The van der Waals surface area contributed by atoms with Gasteiger partial charge < -0.3 is 15.1 Å². The summed E-state index contributed by atoms with van der Waals surface area (Å²) in [5.74, 6) is -0.628. The Morgan fingerprint density at radius 2 is 1.81 bits per heavy atom. The van der Waals surface area contributed by atoms with Crippen molar-refractivity contribution in [3.63, 3.8) is 0 Å². The van der Waals surface area contributed by atoms with Crippen LogP contribution in [0.4, 0.5) is 5.69 Å². The quantitative estimate of drug-likeness (QED) is 0.413. The van der Waals surface area contributed by atoms with E-state index in [4.69, 9.17) is 9.68 Å². The molecule has 0 aliphatic rings. The third-order valence-corrected chi connectivity index (χ3v) is 5.32. The number of benzene rings is 3. The number of hydrogen-bond acceptors (Lipinski definition) is 5. The number of fused-ring (bicyclic) bond motifs is 1. The number of aromatic amines is 1. The molecule has 160 valence electrons. The van der Waals surface area contributed by atoms with Gasteiger partial charge in [-0.2, -0.15) is 5.26 Å². The molecule has 1 amide bonds. The number of oxazole rings is 1. The van der Waals surface area contributed by atoms with Crippen LogP contribution in [-0.2, 0) is 4.79 Å². The van der Waals surface area contributed by atoms with Crippen molar-refractivity contribution in [2.45, 2.75) is 18.9 Å². The first-order valence-corrected chi connectivity index (χ1v) is 10.3. The molecule has 2 atom stereocenters. The lowest BCUT2D eigenvalue weighted by atomic mass is 9.98. The third-order valence-electron chi connectivity index (χ3n) is 5.32. The minimum atomic E-state index is -0.578. The lowest BCUT2D eigenvalue weighted by Crippen LogP contribution is -2.35. The van der Waals surface area contributed by atoms with Gasteiger partial charge in [0.2, 0.25) is 5.91 Å². The second-order valence-electron chi connectivity index (χ2n) is 7.60. The summed E-state index contributed by atoms with van der Waals surface area (Å²) in [5.41, 5.74) is 4.02. The van der Waals surface area contributed by atoms with Crippen LogP contribution in [0.15, 0.2) is 82.0 Å². The lowest BCUT2D eigenvalue weighted by Gasteiger charge is -2.21. The summed E-state index contributed by atoms with van der Waals surface area (Å²) < 4.78 is 5.08. The standard InChI is InChI=1S/C25H22N4O3/c1-16(18-9-7-17(14-26)8-10-18)15-27-23(19-5-3-2-4-6-19)24(30)28-20-11-12-21-22(13-20)32-25(31)29-21/h2-13,16,23,27H,15H2,1H3,(H,28,30)(H,29,31)/t16-,23?/m0/s1. The van der Waals surface area contributed by atoms with E-state index in [1.807, 2.05) is 42.5 Å². The number of nitrogens with one attached hydrogen (secondary N) is 3. The molecule has 0 aliphatic carbocycles. The van der Waals surface area contributed by atoms with E-state index < -0.39 is 11.8 Å². The fourth-order valence-corrected chi connectivity index (χ4v) is 3.54. The van der Waals surface area contributed by atoms with Crippen LogP contribution < -0.4 is 16.4 Å². The number of anilines is 1. The average molecular weight is 426 g/mol. The zero-order chi connectivity index (χ0) is 22.5. The first kappa shape index (κ1) is 21.1. The van der Waals surface area contributed by atoms with Gasteiger partial charge >= 0.3 is 5.76 Å². The van der Waals surface area contributed by atoms with Crippen molar-refractivity contribution in [2.75, 3.05) is 11.9 Å². The van der Waals surface area contributed by atoms with Crippen LogP contribution in [0, 0.1) is 11.3 Å². The number of hydrogen-bond donors (Lipinski definition) is 3. The molecular formula is C25H22N4O3. The number of rotatable bonds is 7. The highest BCUT2D eigenvalue weighted by atomic mass is 16.4. The Labute approximate surface area is 184 Å². The van der Waals surface area contributed by atoms with E-state index in [9.17, 15) is 9.59 Å². The zero-order valence-electron chi connectivity index (χ0n) is 17.5. The van der Waals surface area contributed by atoms with E-state index >= 15 is 0 Å². The molecule has 3 aromatic carbocycles. The molecule has 0 aliphatic heterocycles. The monoisotopic (exact) mass is 426 g/mol. The molecule has 1 heterocycles. The van der Waals surface area contributed by atoms with Gasteiger partial charge in [0.1, 0.15) is 6.04 Å². The molecule has 7 heteroatoms. The Kier molecular flexibility index (Phi) is 6.15. The van der Waals surface area contributed by atoms with Crippen LogP contribution in [0.5, 0.6) is 0 Å². The van der Waals surface area contributed by atoms with E-state index in [0.717, 1.165) is 11.1 Å². The van der Waals surface area contributed by atoms with Crippen LogP contribution in [0.25, 0.3) is 11.1 Å². The highest BCUT2D eigenvalue weighted by molar-refractivity contribution is 5.96. The molecule has 0 fully saturated rings. The van der Waals surface area contributed by atoms with Gasteiger partial charge in [-0.3, -0.25) is 9.78 Å². The van der Waals surface area contributed by atoms with E-state index in [2.05, 4.69) is 28.6 Å². The maximum Gasteiger partial charge on any atom is 0.417 e. The van der Waals surface area contributed by atoms with Crippen molar-refractivity contribution in [3.8, 4) is 6.07 Å². The second-order valence-corrected chi connectivity index (χ2v) is 7.60. The number of carbonyl (C=O) groups is 1. The van der Waals surface area contributed by atoms with Crippen molar-refractivity contribution >= 4 is 22.7 Å². The number of nitriles is 1. The number of H-pyrrole nitrogens is 1. The van der Waals surface area contributed by atoms with Gasteiger partial charge in [0.05, 0.1) is 17.1 Å². The van der Waals surface area contributed by atoms with E-state index in [-0.39, 0.29) is 11.8 Å². The maximum atomic E-state index is 13.2. The minimum Gasteiger partial charge on any atom is -0.408 e. The molecule has 7 nitrogen and oxygen atoms in total. The number of carbonyl (C=O) groups excluding carboxylic acids is 1. The molecule has 3 N–H and O–H groups in total. The summed E-state index contributed by atoms with van der Waals surface area (Å²) in [5, 5.41) is 15.3. The van der Waals surface area contributed by atoms with Crippen LogP contribution in [-0.4, -0.2) is 17.4 Å². The molecule has 4 aromatic rings. The first-order chi connectivity index (χ1) is 15.5. The maximum absolute atomic E-state index is 13.2. The molecule has 32 heavy (non-hydrogen) atoms. The smallest absolute Gasteiger partial charge is 0.408 e. The van der Waals surface area contributed by atoms with Gasteiger partial charge in [-0.1, -0.05) is 49.4 Å². The first-order valence-electron chi connectivity index (χ1n) is 10.3. The Morgan fingerprint density at radius 1 is 1.06 bits per heavy atom. The van der Waals surface area contributed by atoms with Crippen LogP contribution >= 0.6 is 0 Å². The molecule has 0 saturated heterocycles. The van der Waals surface area contributed by atoms with Crippen molar-refractivity contribution in [2.24, 2.45) is 0 Å². The fraction of sp³-hybridized carbons (Fsp3) is 0.160. The number of aromatic nitrogens is 1. The lowest BCUT2D eigenvalue weighted by molar-refractivity contribution is -0.118. The Balaban J connectivity index is 1.51. The van der Waals surface area contributed by atoms with Gasteiger partial charge in [0.25, 0.3) is 0 Å². The summed E-state index contributed by atoms with van der Waals surface area (Å²) >= 11 is 0. The van der Waals surface area contributed by atoms with Crippen LogP contribution in [0.3, 0.4) is 0 Å². The van der Waals surface area contributed by atoms with Crippen LogP contribution in [0.1, 0.15) is 35.6 Å². The van der Waals surface area contributed by atoms with Crippen molar-refractivity contribution < 1.29 is 9.21 Å². The van der Waals surface area contributed by atoms with Gasteiger partial charge in [0.15, 0.2) is 5.58 Å². The number of amides is 1. The largest absolute Gasteiger partial charge is 0.417 e. The van der Waals surface area contributed by atoms with Gasteiger partial charge in [-0.05, 0) is 41.3 Å². The molecule has 0 spiro atoms. The predicted molar refractivity (Wildman–Crippen MR) is 122 cm³/mol.